The molecule has 54 heavy (non-hydrogen) atoms. The van der Waals surface area contributed by atoms with Gasteiger partial charge in [0.25, 0.3) is 5.95 Å². The fourth-order valence-corrected chi connectivity index (χ4v) is 4.68. The van der Waals surface area contributed by atoms with Gasteiger partial charge >= 0.3 is 24.2 Å². The lowest BCUT2D eigenvalue weighted by Gasteiger charge is -2.19. The molecule has 1 amide bonds. The van der Waals surface area contributed by atoms with Crippen LogP contribution in [0.2, 0.25) is 0 Å². The van der Waals surface area contributed by atoms with E-state index in [0.717, 1.165) is 0 Å². The molecule has 0 bridgehead atoms. The number of ether oxygens (including phenoxy) is 7. The summed E-state index contributed by atoms with van der Waals surface area (Å²) in [7, 11) is 1.41. The molecule has 17 nitrogen and oxygen atoms in total. The zero-order chi connectivity index (χ0) is 39.2. The number of nitrogens with one attached hydrogen (secondary N) is 2. The number of amidine groups is 1. The van der Waals surface area contributed by atoms with Gasteiger partial charge in [0.1, 0.15) is 24.8 Å². The number of halogens is 1. The van der Waals surface area contributed by atoms with Crippen molar-refractivity contribution in [1.29, 1.82) is 5.41 Å². The van der Waals surface area contributed by atoms with Crippen LogP contribution in [0.3, 0.4) is 0 Å². The molecule has 18 heteroatoms. The van der Waals surface area contributed by atoms with Crippen LogP contribution in [0, 0.1) is 17.1 Å². The van der Waals surface area contributed by atoms with Crippen molar-refractivity contribution in [2.45, 2.75) is 53.1 Å². The van der Waals surface area contributed by atoms with E-state index in [1.165, 1.54) is 43.2 Å². The van der Waals surface area contributed by atoms with E-state index in [-0.39, 0.29) is 72.8 Å². The summed E-state index contributed by atoms with van der Waals surface area (Å²) in [6.45, 7) is 7.68. The summed E-state index contributed by atoms with van der Waals surface area (Å²) in [5, 5.41) is 15.4. The first kappa shape index (κ1) is 40.4. The Morgan fingerprint density at radius 2 is 1.69 bits per heavy atom. The minimum atomic E-state index is -0.969. The largest absolute Gasteiger partial charge is 0.511 e. The van der Waals surface area contributed by atoms with E-state index in [0.29, 0.717) is 11.1 Å². The maximum absolute atomic E-state index is 16.5. The molecule has 2 aromatic carbocycles. The van der Waals surface area contributed by atoms with Gasteiger partial charge in [0, 0.05) is 36.5 Å². The maximum Gasteiger partial charge on any atom is 0.511 e. The third kappa shape index (κ3) is 11.9. The van der Waals surface area contributed by atoms with Gasteiger partial charge in [-0.15, -0.1) is 9.78 Å². The number of methoxy groups -OCH3 is 1. The van der Waals surface area contributed by atoms with E-state index in [2.05, 4.69) is 25.4 Å². The lowest BCUT2D eigenvalue weighted by atomic mass is 9.90. The minimum Gasteiger partial charge on any atom is -0.497 e. The van der Waals surface area contributed by atoms with E-state index in [1.807, 2.05) is 13.8 Å². The topological polar surface area (TPSA) is 208 Å². The molecule has 0 aliphatic carbocycles. The van der Waals surface area contributed by atoms with Gasteiger partial charge < -0.3 is 33.2 Å². The second-order valence-corrected chi connectivity index (χ2v) is 12.2. The summed E-state index contributed by atoms with van der Waals surface area (Å²) in [5.74, 6) is -2.11. The summed E-state index contributed by atoms with van der Waals surface area (Å²) in [6, 6.07) is 10.9. The number of hydrogen-bond acceptors (Lipinski definition) is 15. The molecular weight excluding hydrogens is 709 g/mol. The first-order valence-electron chi connectivity index (χ1n) is 16.8. The van der Waals surface area contributed by atoms with E-state index in [9.17, 15) is 14.4 Å². The molecule has 2 heterocycles. The van der Waals surface area contributed by atoms with Crippen LogP contribution < -0.4 is 19.5 Å². The van der Waals surface area contributed by atoms with Crippen molar-refractivity contribution in [2.24, 2.45) is 5.92 Å². The number of nitrogens with zero attached hydrogens (tertiary/aromatic N) is 5. The van der Waals surface area contributed by atoms with Gasteiger partial charge in [-0.3, -0.25) is 15.5 Å². The highest BCUT2D eigenvalue weighted by Gasteiger charge is 2.29. The van der Waals surface area contributed by atoms with Crippen molar-refractivity contribution in [3.05, 3.63) is 83.2 Å². The summed E-state index contributed by atoms with van der Waals surface area (Å²) >= 11 is 0. The number of esters is 1. The van der Waals surface area contributed by atoms with Crippen molar-refractivity contribution in [3.8, 4) is 23.5 Å². The summed E-state index contributed by atoms with van der Waals surface area (Å²) < 4.78 is 54.5. The number of aromatic nitrogens is 5. The van der Waals surface area contributed by atoms with Crippen molar-refractivity contribution in [3.63, 3.8) is 0 Å². The van der Waals surface area contributed by atoms with Crippen LogP contribution in [0.1, 0.15) is 63.1 Å². The first-order valence-corrected chi connectivity index (χ1v) is 16.8. The third-order valence-corrected chi connectivity index (χ3v) is 7.10. The number of benzene rings is 2. The van der Waals surface area contributed by atoms with Crippen molar-refractivity contribution < 1.29 is 51.9 Å². The molecule has 4 aromatic rings. The molecule has 288 valence electrons. The van der Waals surface area contributed by atoms with Gasteiger partial charge in [-0.2, -0.15) is 4.98 Å². The number of hydrogen-bond donors (Lipinski definition) is 2. The average molecular weight is 752 g/mol. The number of carbonyl (C=O) groups excluding carboxylic acids is 3. The molecule has 2 N–H and O–H groups in total. The zero-order valence-corrected chi connectivity index (χ0v) is 30.7. The monoisotopic (exact) mass is 751 g/mol. The van der Waals surface area contributed by atoms with Crippen LogP contribution >= 0.6 is 0 Å². The molecule has 4 rings (SSSR count). The predicted molar refractivity (Wildman–Crippen MR) is 188 cm³/mol. The van der Waals surface area contributed by atoms with Crippen molar-refractivity contribution in [2.75, 3.05) is 33.7 Å². The fraction of sp³-hybridized carbons (Fsp3) is 0.389. The van der Waals surface area contributed by atoms with Gasteiger partial charge in [0.05, 0.1) is 25.7 Å². The second-order valence-electron chi connectivity index (χ2n) is 12.2. The summed E-state index contributed by atoms with van der Waals surface area (Å²) in [5.41, 5.74) is 1.12. The SMILES string of the molecule is COc1cc(OCCOC(C)=O)c(F)c([C@@H](Cc2ccc(C(=N)NC(=O)OCC(C)C)cc2)c2nc(OCOC(=O)OC(C)C)n(-c3ncccn3)n2)c1. The van der Waals surface area contributed by atoms with Crippen LogP contribution in [0.5, 0.6) is 17.5 Å². The molecule has 0 aliphatic heterocycles. The Balaban J connectivity index is 1.73. The number of alkyl carbamates (subject to hydrolysis) is 1. The molecule has 0 saturated carbocycles. The van der Waals surface area contributed by atoms with Crippen molar-refractivity contribution >= 4 is 24.1 Å². The number of rotatable bonds is 17. The van der Waals surface area contributed by atoms with Gasteiger partial charge in [-0.25, -0.2) is 23.9 Å². The molecule has 0 aliphatic rings. The van der Waals surface area contributed by atoms with Crippen LogP contribution in [-0.4, -0.2) is 88.6 Å². The minimum absolute atomic E-state index is 0.0478. The predicted octanol–water partition coefficient (Wildman–Crippen LogP) is 5.13. The Labute approximate surface area is 310 Å². The standard InChI is InChI=1S/C36H42FN7O10/c1-21(2)19-51-35(46)41-31(38)25-10-8-24(9-11-25)16-28(27-17-26(48-6)18-29(30(27)37)50-15-14-49-23(5)45)32-42-34(52-20-53-36(47)54-22(3)4)44(43-32)33-39-12-7-13-40-33/h7-13,17-18,21-22,28H,14-16,19-20H2,1-6H3,(H2,38,41,46)/t28-/m1/s1. The van der Waals surface area contributed by atoms with E-state index >= 15 is 4.39 Å². The second kappa shape index (κ2) is 19.5. The fourth-order valence-electron chi connectivity index (χ4n) is 4.68. The number of carbonyl (C=O) groups is 3. The Kier molecular flexibility index (Phi) is 14.6. The molecule has 0 fully saturated rings. The highest BCUT2D eigenvalue weighted by atomic mass is 19.1. The Morgan fingerprint density at radius 1 is 0.963 bits per heavy atom. The van der Waals surface area contributed by atoms with Gasteiger partial charge in [-0.05, 0) is 43.9 Å². The van der Waals surface area contributed by atoms with E-state index in [4.69, 9.17) is 38.6 Å². The van der Waals surface area contributed by atoms with Crippen molar-refractivity contribution in [1.82, 2.24) is 30.0 Å². The average Bonchev–Trinajstić information content (AvgIpc) is 3.56. The molecule has 0 radical (unpaired) electrons. The Morgan fingerprint density at radius 3 is 2.33 bits per heavy atom. The van der Waals surface area contributed by atoms with E-state index in [1.54, 1.807) is 44.2 Å². The smallest absolute Gasteiger partial charge is 0.497 e. The van der Waals surface area contributed by atoms with Gasteiger partial charge in [0.2, 0.25) is 6.79 Å². The summed E-state index contributed by atoms with van der Waals surface area (Å²) in [4.78, 5) is 48.4. The first-order chi connectivity index (χ1) is 25.8. The molecule has 2 aromatic heterocycles. The molecule has 1 atom stereocenters. The highest BCUT2D eigenvalue weighted by Crippen LogP contribution is 2.37. The third-order valence-electron chi connectivity index (χ3n) is 7.10. The molecular formula is C36H42FN7O10. The summed E-state index contributed by atoms with van der Waals surface area (Å²) in [6.07, 6.45) is 0.888. The quantitative estimate of drug-likeness (QED) is 0.0358. The maximum atomic E-state index is 16.5. The van der Waals surface area contributed by atoms with E-state index < -0.39 is 42.8 Å². The van der Waals surface area contributed by atoms with Gasteiger partial charge in [-0.1, -0.05) is 38.1 Å². The normalized spacial score (nSPS) is 11.4. The van der Waals surface area contributed by atoms with Crippen LogP contribution in [0.15, 0.2) is 54.9 Å². The lowest BCUT2D eigenvalue weighted by molar-refractivity contribution is -0.141. The highest BCUT2D eigenvalue weighted by molar-refractivity contribution is 6.04. The molecule has 0 spiro atoms. The Bertz CT molecular complexity index is 1890. The van der Waals surface area contributed by atoms with Gasteiger partial charge in [0.15, 0.2) is 17.4 Å². The van der Waals surface area contributed by atoms with Crippen LogP contribution in [0.25, 0.3) is 5.95 Å². The zero-order valence-electron chi connectivity index (χ0n) is 30.7. The molecule has 0 saturated heterocycles. The Hall–Kier alpha value is -6.33. The van der Waals surface area contributed by atoms with Crippen LogP contribution in [0.4, 0.5) is 14.0 Å². The number of amides is 1. The lowest BCUT2D eigenvalue weighted by Crippen LogP contribution is -2.31. The van der Waals surface area contributed by atoms with Crippen LogP contribution in [-0.2, 0) is 30.2 Å². The molecule has 0 unspecified atom stereocenters.